The first-order chi connectivity index (χ1) is 10.1. The number of nitrogens with zero attached hydrogens (tertiary/aromatic N) is 2. The molecule has 3 rings (SSSR count). The molecule has 1 aliphatic rings. The number of piperidine rings is 1. The normalized spacial score (nSPS) is 19.0. The van der Waals surface area contributed by atoms with E-state index in [0.717, 1.165) is 19.4 Å². The molecular formula is C14H17N3O4. The van der Waals surface area contributed by atoms with Crippen molar-refractivity contribution in [1.82, 2.24) is 9.88 Å². The van der Waals surface area contributed by atoms with Crippen molar-refractivity contribution in [3.63, 3.8) is 0 Å². The standard InChI is InChI=1S/C14H17N3O4/c18-14-16(8-6-10-3-1-2-7-15-10)12-9-11(17(19)20)4-5-13(12)21-14/h4-5,9-10,15H,1-3,6-8H2. The minimum Gasteiger partial charge on any atom is -0.408 e. The Morgan fingerprint density at radius 1 is 1.43 bits per heavy atom. The smallest absolute Gasteiger partial charge is 0.408 e. The highest BCUT2D eigenvalue weighted by molar-refractivity contribution is 5.75. The lowest BCUT2D eigenvalue weighted by Crippen LogP contribution is -2.35. The third-order valence-corrected chi connectivity index (χ3v) is 3.98. The van der Waals surface area contributed by atoms with E-state index < -0.39 is 10.7 Å². The maximum atomic E-state index is 11.9. The zero-order valence-corrected chi connectivity index (χ0v) is 11.6. The second-order valence-electron chi connectivity index (χ2n) is 5.36. The van der Waals surface area contributed by atoms with E-state index in [4.69, 9.17) is 4.42 Å². The highest BCUT2D eigenvalue weighted by Gasteiger charge is 2.17. The number of aryl methyl sites for hydroxylation is 1. The Bertz CT molecular complexity index is 713. The topological polar surface area (TPSA) is 90.3 Å². The number of oxazole rings is 1. The molecule has 2 heterocycles. The van der Waals surface area contributed by atoms with Crippen LogP contribution in [0.2, 0.25) is 0 Å². The van der Waals surface area contributed by atoms with Gasteiger partial charge in [0.2, 0.25) is 0 Å². The molecule has 1 atom stereocenters. The summed E-state index contributed by atoms with van der Waals surface area (Å²) in [6, 6.07) is 4.62. The lowest BCUT2D eigenvalue weighted by Gasteiger charge is -2.23. The second-order valence-corrected chi connectivity index (χ2v) is 5.36. The molecule has 1 aromatic carbocycles. The molecule has 21 heavy (non-hydrogen) atoms. The predicted molar refractivity (Wildman–Crippen MR) is 77.4 cm³/mol. The maximum Gasteiger partial charge on any atom is 0.419 e. The molecular weight excluding hydrogens is 274 g/mol. The molecule has 0 radical (unpaired) electrons. The van der Waals surface area contributed by atoms with Crippen molar-refractivity contribution in [3.8, 4) is 0 Å². The summed E-state index contributed by atoms with van der Waals surface area (Å²) in [5, 5.41) is 14.3. The lowest BCUT2D eigenvalue weighted by atomic mass is 10.0. The van der Waals surface area contributed by atoms with E-state index >= 15 is 0 Å². The Morgan fingerprint density at radius 2 is 2.29 bits per heavy atom. The Hall–Kier alpha value is -2.15. The van der Waals surface area contributed by atoms with Crippen molar-refractivity contribution in [3.05, 3.63) is 38.9 Å². The number of fused-ring (bicyclic) bond motifs is 1. The van der Waals surface area contributed by atoms with Crippen molar-refractivity contribution < 1.29 is 9.34 Å². The van der Waals surface area contributed by atoms with Gasteiger partial charge in [0, 0.05) is 24.7 Å². The molecule has 1 N–H and O–H groups in total. The number of benzene rings is 1. The Kier molecular flexibility index (Phi) is 3.74. The van der Waals surface area contributed by atoms with Crippen LogP contribution in [0.15, 0.2) is 27.4 Å². The fraction of sp³-hybridized carbons (Fsp3) is 0.500. The molecule has 1 fully saturated rings. The summed E-state index contributed by atoms with van der Waals surface area (Å²) in [7, 11) is 0. The molecule has 1 unspecified atom stereocenters. The largest absolute Gasteiger partial charge is 0.419 e. The average Bonchev–Trinajstić information content (AvgIpc) is 2.80. The molecule has 0 amide bonds. The average molecular weight is 291 g/mol. The van der Waals surface area contributed by atoms with Gasteiger partial charge in [-0.1, -0.05) is 6.42 Å². The predicted octanol–water partition coefficient (Wildman–Crippen LogP) is 2.03. The number of hydrogen-bond donors (Lipinski definition) is 1. The van der Waals surface area contributed by atoms with E-state index in [1.807, 2.05) is 0 Å². The van der Waals surface area contributed by atoms with Crippen LogP contribution in [0.5, 0.6) is 0 Å². The van der Waals surface area contributed by atoms with E-state index in [2.05, 4.69) is 5.32 Å². The summed E-state index contributed by atoms with van der Waals surface area (Å²) in [6.45, 7) is 1.52. The van der Waals surface area contributed by atoms with Gasteiger partial charge in [-0.2, -0.15) is 0 Å². The molecule has 1 aliphatic heterocycles. The van der Waals surface area contributed by atoms with Crippen LogP contribution >= 0.6 is 0 Å². The molecule has 0 saturated carbocycles. The first kappa shape index (κ1) is 13.8. The third kappa shape index (κ3) is 2.82. The van der Waals surface area contributed by atoms with Crippen LogP contribution in [0.4, 0.5) is 5.69 Å². The van der Waals surface area contributed by atoms with E-state index in [1.165, 1.54) is 35.6 Å². The molecule has 7 nitrogen and oxygen atoms in total. The Morgan fingerprint density at radius 3 is 3.00 bits per heavy atom. The zero-order valence-electron chi connectivity index (χ0n) is 11.6. The fourth-order valence-electron chi connectivity index (χ4n) is 2.83. The highest BCUT2D eigenvalue weighted by Crippen LogP contribution is 2.21. The van der Waals surface area contributed by atoms with Crippen molar-refractivity contribution in [2.45, 2.75) is 38.3 Å². The monoisotopic (exact) mass is 291 g/mol. The van der Waals surface area contributed by atoms with E-state index in [9.17, 15) is 14.9 Å². The van der Waals surface area contributed by atoms with Gasteiger partial charge in [-0.3, -0.25) is 14.7 Å². The summed E-state index contributed by atoms with van der Waals surface area (Å²) < 4.78 is 6.62. The van der Waals surface area contributed by atoms with Gasteiger partial charge in [-0.25, -0.2) is 4.79 Å². The number of nitro benzene ring substituents is 1. The number of non-ortho nitro benzene ring substituents is 1. The van der Waals surface area contributed by atoms with E-state index in [-0.39, 0.29) is 5.69 Å². The summed E-state index contributed by atoms with van der Waals surface area (Å²) in [5.74, 6) is -0.457. The molecule has 1 saturated heterocycles. The van der Waals surface area contributed by atoms with Crippen molar-refractivity contribution in [2.24, 2.45) is 0 Å². The lowest BCUT2D eigenvalue weighted by molar-refractivity contribution is -0.384. The molecule has 112 valence electrons. The molecule has 0 spiro atoms. The number of rotatable bonds is 4. The molecule has 2 aromatic rings. The Labute approximate surface area is 120 Å². The molecule has 0 aliphatic carbocycles. The summed E-state index contributed by atoms with van der Waals surface area (Å²) >= 11 is 0. The van der Waals surface area contributed by atoms with Crippen molar-refractivity contribution >= 4 is 16.8 Å². The third-order valence-electron chi connectivity index (χ3n) is 3.98. The molecule has 1 aromatic heterocycles. The van der Waals surface area contributed by atoms with E-state index in [0.29, 0.717) is 23.7 Å². The Balaban J connectivity index is 1.86. The van der Waals surface area contributed by atoms with Gasteiger partial charge in [0.1, 0.15) is 0 Å². The second kappa shape index (κ2) is 5.69. The molecule has 0 bridgehead atoms. The van der Waals surface area contributed by atoms with Crippen LogP contribution in [0.3, 0.4) is 0 Å². The van der Waals surface area contributed by atoms with Crippen molar-refractivity contribution in [1.29, 1.82) is 0 Å². The number of nitro groups is 1. The SMILES string of the molecule is O=c1oc2ccc([N+](=O)[O-])cc2n1CCC1CCCCN1. The van der Waals surface area contributed by atoms with Gasteiger partial charge < -0.3 is 9.73 Å². The minimum atomic E-state index is -0.468. The maximum absolute atomic E-state index is 11.9. The minimum absolute atomic E-state index is 0.0344. The highest BCUT2D eigenvalue weighted by atomic mass is 16.6. The van der Waals surface area contributed by atoms with Crippen LogP contribution < -0.4 is 11.1 Å². The fourth-order valence-corrected chi connectivity index (χ4v) is 2.83. The summed E-state index contributed by atoms with van der Waals surface area (Å²) in [5.41, 5.74) is 0.847. The van der Waals surface area contributed by atoms with Crippen LogP contribution in [0, 0.1) is 10.1 Å². The van der Waals surface area contributed by atoms with Crippen LogP contribution in [0.25, 0.3) is 11.1 Å². The van der Waals surface area contributed by atoms with Gasteiger partial charge in [0.25, 0.3) is 5.69 Å². The summed E-state index contributed by atoms with van der Waals surface area (Å²) in [6.07, 6.45) is 4.31. The van der Waals surface area contributed by atoms with Gasteiger partial charge in [0.15, 0.2) is 5.58 Å². The molecule has 7 heteroatoms. The first-order valence-corrected chi connectivity index (χ1v) is 7.16. The number of nitrogens with one attached hydrogen (secondary N) is 1. The number of aromatic nitrogens is 1. The van der Waals surface area contributed by atoms with Crippen LogP contribution in [-0.4, -0.2) is 22.1 Å². The van der Waals surface area contributed by atoms with Gasteiger partial charge in [0.05, 0.1) is 10.4 Å². The quantitative estimate of drug-likeness (QED) is 0.687. The van der Waals surface area contributed by atoms with Crippen LogP contribution in [0.1, 0.15) is 25.7 Å². The van der Waals surface area contributed by atoms with Gasteiger partial charge in [-0.05, 0) is 31.9 Å². The van der Waals surface area contributed by atoms with Crippen molar-refractivity contribution in [2.75, 3.05) is 6.54 Å². The zero-order chi connectivity index (χ0) is 14.8. The van der Waals surface area contributed by atoms with Gasteiger partial charge >= 0.3 is 5.76 Å². The van der Waals surface area contributed by atoms with Gasteiger partial charge in [-0.15, -0.1) is 0 Å². The van der Waals surface area contributed by atoms with Crippen LogP contribution in [-0.2, 0) is 6.54 Å². The first-order valence-electron chi connectivity index (χ1n) is 7.16. The van der Waals surface area contributed by atoms with E-state index in [1.54, 1.807) is 0 Å². The number of hydrogen-bond acceptors (Lipinski definition) is 5. The summed E-state index contributed by atoms with van der Waals surface area (Å²) in [4.78, 5) is 22.3.